The molecule has 1 aromatic rings. The van der Waals surface area contributed by atoms with Gasteiger partial charge in [-0.15, -0.1) is 0 Å². The van der Waals surface area contributed by atoms with E-state index in [2.05, 4.69) is 36.1 Å². The van der Waals surface area contributed by atoms with Crippen molar-refractivity contribution in [3.05, 3.63) is 35.4 Å². The minimum Gasteiger partial charge on any atom is -0.294 e. The highest BCUT2D eigenvalue weighted by molar-refractivity contribution is 5.37. The molecule has 0 bridgehead atoms. The van der Waals surface area contributed by atoms with Gasteiger partial charge in [0.05, 0.1) is 0 Å². The lowest BCUT2D eigenvalue weighted by Crippen LogP contribution is -2.51. The second-order valence-electron chi connectivity index (χ2n) is 5.58. The van der Waals surface area contributed by atoms with Crippen molar-refractivity contribution in [1.29, 1.82) is 0 Å². The normalized spacial score (nSPS) is 23.6. The molecule has 1 spiro atoms. The zero-order valence-corrected chi connectivity index (χ0v) is 10.9. The number of nitrogens with zero attached hydrogens (tertiary/aromatic N) is 1. The Morgan fingerprint density at radius 2 is 1.88 bits per heavy atom. The third-order valence-corrected chi connectivity index (χ3v) is 4.84. The van der Waals surface area contributed by atoms with Crippen LogP contribution in [-0.2, 0) is 12.0 Å². The van der Waals surface area contributed by atoms with Crippen LogP contribution < -0.4 is 0 Å². The highest BCUT2D eigenvalue weighted by Crippen LogP contribution is 2.45. The fraction of sp³-hybridized carbons (Fsp3) is 0.625. The molecule has 1 heteroatoms. The molecule has 0 radical (unpaired) electrons. The van der Waals surface area contributed by atoms with Crippen LogP contribution in [0.5, 0.6) is 0 Å². The molecule has 0 aromatic heterocycles. The van der Waals surface area contributed by atoms with Crippen molar-refractivity contribution in [2.75, 3.05) is 13.1 Å². The second kappa shape index (κ2) is 4.45. The lowest BCUT2D eigenvalue weighted by molar-refractivity contribution is 0.0417. The van der Waals surface area contributed by atoms with E-state index in [0.29, 0.717) is 5.54 Å². The van der Waals surface area contributed by atoms with Crippen molar-refractivity contribution in [3.63, 3.8) is 0 Å². The summed E-state index contributed by atoms with van der Waals surface area (Å²) >= 11 is 0. The minimum absolute atomic E-state index is 0.391. The Morgan fingerprint density at radius 3 is 2.65 bits per heavy atom. The highest BCUT2D eigenvalue weighted by atomic mass is 15.2. The van der Waals surface area contributed by atoms with E-state index < -0.39 is 0 Å². The number of rotatable bonds is 1. The maximum Gasteiger partial charge on any atom is 0.0463 e. The summed E-state index contributed by atoms with van der Waals surface area (Å²) in [4.78, 5) is 2.74. The average molecular weight is 229 g/mol. The van der Waals surface area contributed by atoms with E-state index in [1.54, 1.807) is 11.1 Å². The molecule has 2 aliphatic rings. The number of hydrogen-bond donors (Lipinski definition) is 0. The average Bonchev–Trinajstić information content (AvgIpc) is 2.41. The van der Waals surface area contributed by atoms with Crippen LogP contribution in [0, 0.1) is 0 Å². The summed E-state index contributed by atoms with van der Waals surface area (Å²) in [7, 11) is 0. The van der Waals surface area contributed by atoms with Crippen molar-refractivity contribution >= 4 is 0 Å². The molecule has 17 heavy (non-hydrogen) atoms. The molecule has 1 heterocycles. The van der Waals surface area contributed by atoms with Crippen molar-refractivity contribution in [1.82, 2.24) is 4.90 Å². The first kappa shape index (κ1) is 11.3. The molecular weight excluding hydrogens is 206 g/mol. The molecule has 1 aliphatic heterocycles. The van der Waals surface area contributed by atoms with Gasteiger partial charge in [-0.3, -0.25) is 4.90 Å². The summed E-state index contributed by atoms with van der Waals surface area (Å²) in [5.41, 5.74) is 3.65. The van der Waals surface area contributed by atoms with Crippen LogP contribution in [0.25, 0.3) is 0 Å². The first-order chi connectivity index (χ1) is 8.37. The van der Waals surface area contributed by atoms with E-state index in [0.717, 1.165) is 0 Å². The molecule has 1 fully saturated rings. The van der Waals surface area contributed by atoms with Crippen LogP contribution in [0.1, 0.15) is 50.2 Å². The Balaban J connectivity index is 2.07. The molecule has 1 aromatic carbocycles. The third-order valence-electron chi connectivity index (χ3n) is 4.84. The van der Waals surface area contributed by atoms with Gasteiger partial charge in [-0.25, -0.2) is 0 Å². The van der Waals surface area contributed by atoms with Gasteiger partial charge in [0, 0.05) is 12.1 Å². The largest absolute Gasteiger partial charge is 0.294 e. The van der Waals surface area contributed by atoms with Gasteiger partial charge >= 0.3 is 0 Å². The Kier molecular flexibility index (Phi) is 2.96. The number of fused-ring (bicyclic) bond motifs is 2. The molecule has 1 saturated carbocycles. The third kappa shape index (κ3) is 1.72. The van der Waals surface area contributed by atoms with Crippen molar-refractivity contribution in [2.24, 2.45) is 0 Å². The maximum atomic E-state index is 2.74. The monoisotopic (exact) mass is 229 g/mol. The van der Waals surface area contributed by atoms with E-state index in [1.165, 1.54) is 51.6 Å². The van der Waals surface area contributed by atoms with Gasteiger partial charge in [0.25, 0.3) is 0 Å². The summed E-state index contributed by atoms with van der Waals surface area (Å²) in [6, 6.07) is 9.17. The van der Waals surface area contributed by atoms with Gasteiger partial charge in [0.15, 0.2) is 0 Å². The van der Waals surface area contributed by atoms with Crippen molar-refractivity contribution in [2.45, 2.75) is 51.0 Å². The predicted octanol–water partition coefficient (Wildman–Crippen LogP) is 3.72. The summed E-state index contributed by atoms with van der Waals surface area (Å²) in [5, 5.41) is 0. The topological polar surface area (TPSA) is 3.24 Å². The molecule has 0 unspecified atom stereocenters. The Hall–Kier alpha value is -0.820. The Labute approximate surface area is 105 Å². The number of hydrogen-bond acceptors (Lipinski definition) is 1. The Bertz CT molecular complexity index is 390. The highest BCUT2D eigenvalue weighted by Gasteiger charge is 2.42. The molecule has 3 rings (SSSR count). The Morgan fingerprint density at radius 1 is 1.12 bits per heavy atom. The van der Waals surface area contributed by atoms with E-state index in [4.69, 9.17) is 0 Å². The number of likely N-dealkylation sites (N-methyl/N-ethyl adjacent to an activating group) is 1. The van der Waals surface area contributed by atoms with Crippen LogP contribution in [0.15, 0.2) is 24.3 Å². The molecule has 0 amide bonds. The second-order valence-corrected chi connectivity index (χ2v) is 5.58. The van der Waals surface area contributed by atoms with E-state index in [1.807, 2.05) is 0 Å². The van der Waals surface area contributed by atoms with Gasteiger partial charge in [-0.2, -0.15) is 0 Å². The lowest BCUT2D eigenvalue weighted by Gasteiger charge is -2.50. The van der Waals surface area contributed by atoms with Crippen LogP contribution in [0.3, 0.4) is 0 Å². The molecular formula is C16H23N. The zero-order chi connectivity index (χ0) is 11.7. The lowest BCUT2D eigenvalue weighted by atomic mass is 9.71. The smallest absolute Gasteiger partial charge is 0.0463 e. The molecule has 0 saturated heterocycles. The summed E-state index contributed by atoms with van der Waals surface area (Å²) in [5.74, 6) is 0. The van der Waals surface area contributed by atoms with Crippen LogP contribution in [0.2, 0.25) is 0 Å². The van der Waals surface area contributed by atoms with Crippen LogP contribution >= 0.6 is 0 Å². The van der Waals surface area contributed by atoms with Crippen LogP contribution in [0.4, 0.5) is 0 Å². The van der Waals surface area contributed by atoms with E-state index >= 15 is 0 Å². The van der Waals surface area contributed by atoms with Crippen molar-refractivity contribution in [3.8, 4) is 0 Å². The quantitative estimate of drug-likeness (QED) is 0.709. The molecule has 0 atom stereocenters. The standard InChI is InChI=1S/C16H23N/c1-2-17-13-10-14-8-4-5-9-15(14)16(17)11-6-3-7-12-16/h4-5,8-9H,2-3,6-7,10-13H2,1H3. The van der Waals surface area contributed by atoms with Crippen LogP contribution in [-0.4, -0.2) is 18.0 Å². The van der Waals surface area contributed by atoms with Gasteiger partial charge < -0.3 is 0 Å². The zero-order valence-electron chi connectivity index (χ0n) is 10.9. The SMILES string of the molecule is CCN1CCc2ccccc2C12CCCCC2. The van der Waals surface area contributed by atoms with E-state index in [9.17, 15) is 0 Å². The summed E-state index contributed by atoms with van der Waals surface area (Å²) in [6.07, 6.45) is 8.23. The molecule has 1 nitrogen and oxygen atoms in total. The van der Waals surface area contributed by atoms with Gasteiger partial charge in [-0.05, 0) is 36.9 Å². The fourth-order valence-electron chi connectivity index (χ4n) is 4.02. The summed E-state index contributed by atoms with van der Waals surface area (Å²) < 4.78 is 0. The number of benzene rings is 1. The molecule has 1 aliphatic carbocycles. The van der Waals surface area contributed by atoms with Gasteiger partial charge in [-0.1, -0.05) is 50.5 Å². The first-order valence-electron chi connectivity index (χ1n) is 7.20. The van der Waals surface area contributed by atoms with Gasteiger partial charge in [0.1, 0.15) is 0 Å². The molecule has 0 N–H and O–H groups in total. The summed E-state index contributed by atoms with van der Waals surface area (Å²) in [6.45, 7) is 4.78. The fourth-order valence-corrected chi connectivity index (χ4v) is 4.02. The first-order valence-corrected chi connectivity index (χ1v) is 7.20. The van der Waals surface area contributed by atoms with Gasteiger partial charge in [0.2, 0.25) is 0 Å². The predicted molar refractivity (Wildman–Crippen MR) is 72.2 cm³/mol. The maximum absolute atomic E-state index is 2.74. The minimum atomic E-state index is 0.391. The van der Waals surface area contributed by atoms with E-state index in [-0.39, 0.29) is 0 Å². The molecule has 92 valence electrons. The van der Waals surface area contributed by atoms with Crippen molar-refractivity contribution < 1.29 is 0 Å².